The lowest BCUT2D eigenvalue weighted by Gasteiger charge is -2.19. The fourth-order valence-electron chi connectivity index (χ4n) is 4.44. The average molecular weight is 667 g/mol. The maximum Gasteiger partial charge on any atom is 0.407 e. The van der Waals surface area contributed by atoms with Crippen molar-refractivity contribution in [3.63, 3.8) is 0 Å². The average Bonchev–Trinajstić information content (AvgIpc) is 3.43. The fraction of sp³-hybridized carbons (Fsp3) is 0.312. The first-order valence-corrected chi connectivity index (χ1v) is 16.8. The van der Waals surface area contributed by atoms with Crippen molar-refractivity contribution in [2.45, 2.75) is 50.2 Å². The highest BCUT2D eigenvalue weighted by molar-refractivity contribution is 7.89. The molecule has 0 saturated carbocycles. The van der Waals surface area contributed by atoms with Crippen LogP contribution in [0.4, 0.5) is 4.79 Å². The van der Waals surface area contributed by atoms with E-state index in [2.05, 4.69) is 15.4 Å². The second-order valence-electron chi connectivity index (χ2n) is 11.4. The van der Waals surface area contributed by atoms with E-state index in [0.717, 1.165) is 10.3 Å². The molecule has 1 unspecified atom stereocenters. The summed E-state index contributed by atoms with van der Waals surface area (Å²) >= 11 is 1.34. The molecule has 3 aromatic carbocycles. The standard InChI is InChI=1S/C32H38N6O6S2/c1-32(2,3)44-31(40)36-15-7-14-35-29(39)22-10-6-11-24(18-22)46(41,42)38-26(17-20-8-5-9-21(16-20)28(33)34)30-37-25-13-12-23(43-4)19-27(25)45-30/h5-6,8-13,16,18-19,26,38H,7,14-15,17H2,1-4H3,(H3,33,34)(H,35,39)(H,36,40). The summed E-state index contributed by atoms with van der Waals surface area (Å²) in [6.07, 6.45) is 0.138. The Morgan fingerprint density at radius 1 is 1.00 bits per heavy atom. The minimum absolute atomic E-state index is 0.0861. The monoisotopic (exact) mass is 666 g/mol. The molecule has 6 N–H and O–H groups in total. The van der Waals surface area contributed by atoms with Crippen LogP contribution in [0.5, 0.6) is 5.75 Å². The molecule has 1 heterocycles. The zero-order chi connectivity index (χ0) is 33.5. The van der Waals surface area contributed by atoms with Gasteiger partial charge in [-0.25, -0.2) is 22.9 Å². The third kappa shape index (κ3) is 9.49. The van der Waals surface area contributed by atoms with Gasteiger partial charge in [-0.05, 0) is 81.6 Å². The second-order valence-corrected chi connectivity index (χ2v) is 14.2. The molecule has 4 aromatic rings. The van der Waals surface area contributed by atoms with Gasteiger partial charge in [-0.3, -0.25) is 10.2 Å². The summed E-state index contributed by atoms with van der Waals surface area (Å²) in [5.74, 6) is 0.107. The molecule has 14 heteroatoms. The van der Waals surface area contributed by atoms with Gasteiger partial charge in [-0.15, -0.1) is 11.3 Å². The molecule has 0 aliphatic heterocycles. The number of carbonyl (C=O) groups excluding carboxylic acids is 2. The van der Waals surface area contributed by atoms with Crippen LogP contribution in [0.15, 0.2) is 71.6 Å². The number of methoxy groups -OCH3 is 1. The van der Waals surface area contributed by atoms with E-state index in [4.69, 9.17) is 25.6 Å². The molecule has 0 bridgehead atoms. The first kappa shape index (κ1) is 34.3. The zero-order valence-electron chi connectivity index (χ0n) is 26.0. The molecular formula is C32H38N6O6S2. The van der Waals surface area contributed by atoms with Crippen LogP contribution in [0.25, 0.3) is 10.2 Å². The van der Waals surface area contributed by atoms with Gasteiger partial charge in [0.05, 0.1) is 28.3 Å². The molecule has 0 spiro atoms. The van der Waals surface area contributed by atoms with Crippen molar-refractivity contribution in [2.24, 2.45) is 5.73 Å². The number of nitrogens with two attached hydrogens (primary N) is 1. The smallest absolute Gasteiger partial charge is 0.407 e. The third-order valence-corrected chi connectivity index (χ3v) is 9.20. The fourth-order valence-corrected chi connectivity index (χ4v) is 6.80. The van der Waals surface area contributed by atoms with E-state index in [-0.39, 0.29) is 29.3 Å². The molecule has 46 heavy (non-hydrogen) atoms. The van der Waals surface area contributed by atoms with Crippen molar-refractivity contribution in [3.05, 3.63) is 88.4 Å². The summed E-state index contributed by atoms with van der Waals surface area (Å²) in [5.41, 5.74) is 7.22. The first-order chi connectivity index (χ1) is 21.7. The van der Waals surface area contributed by atoms with Crippen LogP contribution >= 0.6 is 11.3 Å². The Hall–Kier alpha value is -4.53. The number of nitrogen functional groups attached to an aromatic ring is 1. The number of hydrogen-bond donors (Lipinski definition) is 5. The highest BCUT2D eigenvalue weighted by Gasteiger charge is 2.26. The van der Waals surface area contributed by atoms with Gasteiger partial charge in [-0.1, -0.05) is 24.3 Å². The lowest BCUT2D eigenvalue weighted by atomic mass is 10.0. The Morgan fingerprint density at radius 3 is 2.43 bits per heavy atom. The molecule has 0 radical (unpaired) electrons. The molecule has 244 valence electrons. The Kier molecular flexibility index (Phi) is 11.0. The molecule has 4 rings (SSSR count). The number of thiazole rings is 1. The number of ether oxygens (including phenoxy) is 2. The molecule has 1 aromatic heterocycles. The van der Waals surface area contributed by atoms with Gasteiger partial charge in [-0.2, -0.15) is 0 Å². The maximum atomic E-state index is 13.7. The minimum Gasteiger partial charge on any atom is -0.497 e. The van der Waals surface area contributed by atoms with E-state index in [1.807, 2.05) is 18.2 Å². The Bertz CT molecular complexity index is 1830. The van der Waals surface area contributed by atoms with Crippen LogP contribution in [0.1, 0.15) is 59.7 Å². The quantitative estimate of drug-likeness (QED) is 0.0784. The number of sulfonamides is 1. The predicted molar refractivity (Wildman–Crippen MR) is 178 cm³/mol. The number of benzene rings is 3. The van der Waals surface area contributed by atoms with Gasteiger partial charge >= 0.3 is 6.09 Å². The predicted octanol–water partition coefficient (Wildman–Crippen LogP) is 4.50. The number of amidine groups is 1. The number of alkyl carbamates (subject to hydrolysis) is 1. The van der Waals surface area contributed by atoms with Gasteiger partial charge in [0, 0.05) is 24.2 Å². The van der Waals surface area contributed by atoms with Gasteiger partial charge in [0.1, 0.15) is 22.2 Å². The van der Waals surface area contributed by atoms with Crippen LogP contribution < -0.4 is 25.8 Å². The lowest BCUT2D eigenvalue weighted by Crippen LogP contribution is -2.34. The van der Waals surface area contributed by atoms with Crippen molar-refractivity contribution in [2.75, 3.05) is 20.2 Å². The number of fused-ring (bicyclic) bond motifs is 1. The number of aromatic nitrogens is 1. The molecule has 1 atom stereocenters. The lowest BCUT2D eigenvalue weighted by molar-refractivity contribution is 0.0527. The Labute approximate surface area is 272 Å². The molecule has 0 aliphatic rings. The maximum absolute atomic E-state index is 13.7. The number of rotatable bonds is 13. The van der Waals surface area contributed by atoms with Gasteiger partial charge in [0.2, 0.25) is 10.0 Å². The van der Waals surface area contributed by atoms with E-state index in [9.17, 15) is 18.0 Å². The van der Waals surface area contributed by atoms with Crippen LogP contribution in [-0.2, 0) is 21.2 Å². The number of nitrogens with zero attached hydrogens (tertiary/aromatic N) is 1. The molecule has 12 nitrogen and oxygen atoms in total. The molecule has 0 saturated heterocycles. The van der Waals surface area contributed by atoms with Crippen LogP contribution in [0.3, 0.4) is 0 Å². The van der Waals surface area contributed by atoms with Crippen molar-refractivity contribution in [1.82, 2.24) is 20.3 Å². The highest BCUT2D eigenvalue weighted by Crippen LogP contribution is 2.32. The SMILES string of the molecule is COc1ccc2nc(C(Cc3cccc(C(=N)N)c3)NS(=O)(=O)c3cccc(C(=O)NCCCNC(=O)OC(C)(C)C)c3)sc2c1. The van der Waals surface area contributed by atoms with E-state index >= 15 is 0 Å². The van der Waals surface area contributed by atoms with Crippen LogP contribution in [0, 0.1) is 5.41 Å². The zero-order valence-corrected chi connectivity index (χ0v) is 27.7. The van der Waals surface area contributed by atoms with E-state index in [0.29, 0.717) is 34.8 Å². The summed E-state index contributed by atoms with van der Waals surface area (Å²) in [6.45, 7) is 5.86. The number of amides is 2. The molecule has 0 fully saturated rings. The second kappa shape index (κ2) is 14.7. The number of hydrogen-bond acceptors (Lipinski definition) is 9. The summed E-state index contributed by atoms with van der Waals surface area (Å²) < 4.78 is 41.6. The van der Waals surface area contributed by atoms with E-state index in [1.165, 1.54) is 35.6 Å². The summed E-state index contributed by atoms with van der Waals surface area (Å²) in [4.78, 5) is 29.3. The first-order valence-electron chi connectivity index (χ1n) is 14.5. The Morgan fingerprint density at radius 2 is 1.72 bits per heavy atom. The highest BCUT2D eigenvalue weighted by atomic mass is 32.2. The summed E-state index contributed by atoms with van der Waals surface area (Å²) in [5, 5.41) is 13.7. The number of nitrogens with one attached hydrogen (secondary N) is 4. The molecular weight excluding hydrogens is 629 g/mol. The molecule has 2 amide bonds. The van der Waals surface area contributed by atoms with Gasteiger partial charge in [0.25, 0.3) is 5.91 Å². The van der Waals surface area contributed by atoms with Crippen molar-refractivity contribution >= 4 is 49.4 Å². The van der Waals surface area contributed by atoms with E-state index in [1.54, 1.807) is 52.1 Å². The van der Waals surface area contributed by atoms with E-state index < -0.39 is 33.7 Å². The van der Waals surface area contributed by atoms with Crippen molar-refractivity contribution in [3.8, 4) is 5.75 Å². The minimum atomic E-state index is -4.13. The van der Waals surface area contributed by atoms with Crippen LogP contribution in [0.2, 0.25) is 0 Å². The summed E-state index contributed by atoms with van der Waals surface area (Å²) in [6, 6.07) is 17.5. The van der Waals surface area contributed by atoms with Gasteiger partial charge in [0.15, 0.2) is 0 Å². The van der Waals surface area contributed by atoms with Gasteiger partial charge < -0.3 is 25.8 Å². The summed E-state index contributed by atoms with van der Waals surface area (Å²) in [7, 11) is -2.56. The third-order valence-electron chi connectivity index (χ3n) is 6.60. The largest absolute Gasteiger partial charge is 0.497 e. The number of carbonyl (C=O) groups is 2. The normalized spacial score (nSPS) is 12.3. The molecule has 0 aliphatic carbocycles. The Balaban J connectivity index is 1.50. The van der Waals surface area contributed by atoms with Crippen molar-refractivity contribution in [1.29, 1.82) is 5.41 Å². The van der Waals surface area contributed by atoms with Crippen LogP contribution in [-0.4, -0.2) is 57.0 Å². The van der Waals surface area contributed by atoms with Crippen molar-refractivity contribution < 1.29 is 27.5 Å². The topological polar surface area (TPSA) is 186 Å².